The van der Waals surface area contributed by atoms with Gasteiger partial charge in [0.1, 0.15) is 5.75 Å². The first-order valence-electron chi connectivity index (χ1n) is 4.87. The predicted molar refractivity (Wildman–Crippen MR) is 54.8 cm³/mol. The second kappa shape index (κ2) is 4.18. The molecule has 2 heterocycles. The number of hydrogen-bond acceptors (Lipinski definition) is 4. The van der Waals surface area contributed by atoms with E-state index in [9.17, 15) is 9.59 Å². The minimum atomic E-state index is -0.343. The van der Waals surface area contributed by atoms with Crippen molar-refractivity contribution in [1.82, 2.24) is 15.6 Å². The number of rotatable bonds is 2. The van der Waals surface area contributed by atoms with Crippen LogP contribution in [0.2, 0.25) is 0 Å². The molecule has 0 aliphatic carbocycles. The van der Waals surface area contributed by atoms with Crippen molar-refractivity contribution in [3.63, 3.8) is 0 Å². The summed E-state index contributed by atoms with van der Waals surface area (Å²) in [6.07, 6.45) is 2.90. The molecule has 0 saturated carbocycles. The van der Waals surface area contributed by atoms with Crippen molar-refractivity contribution in [1.29, 1.82) is 0 Å². The Balaban J connectivity index is 2.00. The highest BCUT2D eigenvalue weighted by atomic mass is 16.3. The van der Waals surface area contributed by atoms with Crippen LogP contribution in [0.15, 0.2) is 18.5 Å². The lowest BCUT2D eigenvalue weighted by Crippen LogP contribution is -2.36. The summed E-state index contributed by atoms with van der Waals surface area (Å²) in [4.78, 5) is 26.3. The fourth-order valence-electron chi connectivity index (χ4n) is 1.53. The molecule has 0 radical (unpaired) electrons. The van der Waals surface area contributed by atoms with Gasteiger partial charge in [-0.05, 0) is 6.07 Å². The number of hydrogen-bond donors (Lipinski definition) is 3. The number of carbonyl (C=O) groups is 2. The van der Waals surface area contributed by atoms with Crippen molar-refractivity contribution in [3.8, 4) is 5.75 Å². The van der Waals surface area contributed by atoms with Gasteiger partial charge in [0, 0.05) is 19.2 Å². The van der Waals surface area contributed by atoms with Gasteiger partial charge in [0.25, 0.3) is 5.91 Å². The lowest BCUT2D eigenvalue weighted by molar-refractivity contribution is -0.119. The molecule has 84 valence electrons. The molecule has 1 aliphatic rings. The third-order valence-electron chi connectivity index (χ3n) is 2.30. The monoisotopic (exact) mass is 221 g/mol. The number of nitrogens with one attached hydrogen (secondary N) is 2. The van der Waals surface area contributed by atoms with Crippen LogP contribution in [0.5, 0.6) is 5.75 Å². The first-order valence-corrected chi connectivity index (χ1v) is 4.87. The number of nitrogens with zero attached hydrogens (tertiary/aromatic N) is 1. The SMILES string of the molecule is O=C1CC(NC(=O)c2cncc(O)c2)CN1. The molecule has 2 amide bonds. The Kier molecular flexibility index (Phi) is 2.72. The van der Waals surface area contributed by atoms with Crippen LogP contribution in [-0.2, 0) is 4.79 Å². The van der Waals surface area contributed by atoms with E-state index < -0.39 is 0 Å². The van der Waals surface area contributed by atoms with Gasteiger partial charge >= 0.3 is 0 Å². The third kappa shape index (κ3) is 2.28. The topological polar surface area (TPSA) is 91.3 Å². The first-order chi connectivity index (χ1) is 7.65. The molecule has 1 unspecified atom stereocenters. The van der Waals surface area contributed by atoms with Crippen LogP contribution in [0.25, 0.3) is 0 Å². The largest absolute Gasteiger partial charge is 0.506 e. The van der Waals surface area contributed by atoms with E-state index in [1.807, 2.05) is 0 Å². The number of aromatic hydroxyl groups is 1. The Morgan fingerprint density at radius 3 is 3.00 bits per heavy atom. The summed E-state index contributed by atoms with van der Waals surface area (Å²) in [6.45, 7) is 0.441. The Morgan fingerprint density at radius 1 is 1.56 bits per heavy atom. The standard InChI is InChI=1S/C10H11N3O3/c14-8-1-6(3-11-5-8)10(16)13-7-2-9(15)12-4-7/h1,3,5,7,14H,2,4H2,(H,12,15)(H,13,16). The van der Waals surface area contributed by atoms with Crippen molar-refractivity contribution >= 4 is 11.8 Å². The van der Waals surface area contributed by atoms with Crippen molar-refractivity contribution in [2.75, 3.05) is 6.54 Å². The summed E-state index contributed by atoms with van der Waals surface area (Å²) in [7, 11) is 0. The van der Waals surface area contributed by atoms with E-state index in [-0.39, 0.29) is 35.6 Å². The van der Waals surface area contributed by atoms with Gasteiger partial charge in [0.2, 0.25) is 5.91 Å². The van der Waals surface area contributed by atoms with Crippen molar-refractivity contribution < 1.29 is 14.7 Å². The average molecular weight is 221 g/mol. The van der Waals surface area contributed by atoms with E-state index >= 15 is 0 Å². The molecule has 1 saturated heterocycles. The molecule has 6 heteroatoms. The molecule has 1 atom stereocenters. The van der Waals surface area contributed by atoms with Crippen molar-refractivity contribution in [2.24, 2.45) is 0 Å². The fourth-order valence-corrected chi connectivity index (χ4v) is 1.53. The predicted octanol–water partition coefficient (Wildman–Crippen LogP) is -0.595. The second-order valence-electron chi connectivity index (χ2n) is 3.61. The van der Waals surface area contributed by atoms with Crippen molar-refractivity contribution in [3.05, 3.63) is 24.0 Å². The lowest BCUT2D eigenvalue weighted by atomic mass is 10.2. The molecule has 16 heavy (non-hydrogen) atoms. The first kappa shape index (κ1) is 10.4. The number of amides is 2. The number of carbonyl (C=O) groups excluding carboxylic acids is 2. The minimum absolute atomic E-state index is 0.0618. The second-order valence-corrected chi connectivity index (χ2v) is 3.61. The van der Waals surface area contributed by atoms with Gasteiger partial charge in [0.05, 0.1) is 17.8 Å². The Morgan fingerprint density at radius 2 is 2.38 bits per heavy atom. The van der Waals surface area contributed by atoms with E-state index in [0.717, 1.165) is 0 Å². The van der Waals surface area contributed by atoms with Gasteiger partial charge in [0.15, 0.2) is 0 Å². The molecule has 1 aliphatic heterocycles. The summed E-state index contributed by atoms with van der Waals surface area (Å²) in [5.74, 6) is -0.475. The van der Waals surface area contributed by atoms with Crippen LogP contribution in [0, 0.1) is 0 Å². The molecular formula is C10H11N3O3. The molecule has 1 fully saturated rings. The van der Waals surface area contributed by atoms with Gasteiger partial charge in [-0.1, -0.05) is 0 Å². The van der Waals surface area contributed by atoms with E-state index in [0.29, 0.717) is 6.54 Å². The summed E-state index contributed by atoms with van der Waals surface area (Å²) in [6, 6.07) is 1.13. The van der Waals surface area contributed by atoms with E-state index in [2.05, 4.69) is 15.6 Å². The van der Waals surface area contributed by atoms with Crippen LogP contribution in [0.3, 0.4) is 0 Å². The van der Waals surface area contributed by atoms with Crippen LogP contribution in [-0.4, -0.2) is 34.5 Å². The summed E-state index contributed by atoms with van der Waals surface area (Å²) in [5, 5.41) is 14.5. The van der Waals surface area contributed by atoms with Crippen molar-refractivity contribution in [2.45, 2.75) is 12.5 Å². The van der Waals surface area contributed by atoms with Gasteiger partial charge in [-0.3, -0.25) is 14.6 Å². The lowest BCUT2D eigenvalue weighted by Gasteiger charge is -2.09. The Labute approximate surface area is 91.7 Å². The average Bonchev–Trinajstić information content (AvgIpc) is 2.64. The zero-order valence-electron chi connectivity index (χ0n) is 8.43. The quantitative estimate of drug-likeness (QED) is 0.622. The van der Waals surface area contributed by atoms with Gasteiger partial charge in [-0.15, -0.1) is 0 Å². The number of pyridine rings is 1. The third-order valence-corrected chi connectivity index (χ3v) is 2.30. The van der Waals surface area contributed by atoms with Crippen LogP contribution in [0.4, 0.5) is 0 Å². The highest BCUT2D eigenvalue weighted by Gasteiger charge is 2.23. The molecular weight excluding hydrogens is 210 g/mol. The Bertz CT molecular complexity index is 433. The molecule has 0 aromatic carbocycles. The van der Waals surface area contributed by atoms with E-state index in [1.165, 1.54) is 18.5 Å². The highest BCUT2D eigenvalue weighted by Crippen LogP contribution is 2.09. The van der Waals surface area contributed by atoms with Gasteiger partial charge < -0.3 is 15.7 Å². The normalized spacial score (nSPS) is 19.2. The smallest absolute Gasteiger partial charge is 0.253 e. The summed E-state index contributed by atoms with van der Waals surface area (Å²) < 4.78 is 0. The highest BCUT2D eigenvalue weighted by molar-refractivity contribution is 5.95. The summed E-state index contributed by atoms with van der Waals surface area (Å²) >= 11 is 0. The van der Waals surface area contributed by atoms with Crippen LogP contribution in [0.1, 0.15) is 16.8 Å². The molecule has 1 aromatic heterocycles. The zero-order chi connectivity index (χ0) is 11.5. The maximum Gasteiger partial charge on any atom is 0.253 e. The molecule has 0 spiro atoms. The maximum absolute atomic E-state index is 11.7. The van der Waals surface area contributed by atoms with Gasteiger partial charge in [-0.2, -0.15) is 0 Å². The summed E-state index contributed by atoms with van der Waals surface area (Å²) in [5.41, 5.74) is 0.277. The maximum atomic E-state index is 11.7. The van der Waals surface area contributed by atoms with E-state index in [1.54, 1.807) is 0 Å². The number of aromatic nitrogens is 1. The molecule has 0 bridgehead atoms. The van der Waals surface area contributed by atoms with Crippen LogP contribution < -0.4 is 10.6 Å². The molecule has 2 rings (SSSR count). The van der Waals surface area contributed by atoms with Gasteiger partial charge in [-0.25, -0.2) is 0 Å². The molecule has 3 N–H and O–H groups in total. The zero-order valence-corrected chi connectivity index (χ0v) is 8.43. The van der Waals surface area contributed by atoms with Crippen LogP contribution >= 0.6 is 0 Å². The molecule has 6 nitrogen and oxygen atoms in total. The minimum Gasteiger partial charge on any atom is -0.506 e. The fraction of sp³-hybridized carbons (Fsp3) is 0.300. The molecule has 1 aromatic rings. The van der Waals surface area contributed by atoms with E-state index in [4.69, 9.17) is 5.11 Å². The Hall–Kier alpha value is -2.11.